The van der Waals surface area contributed by atoms with E-state index in [-0.39, 0.29) is 0 Å². The molecule has 0 aliphatic heterocycles. The van der Waals surface area contributed by atoms with Gasteiger partial charge in [-0.05, 0) is 55.5 Å². The smallest absolute Gasteiger partial charge is 0.196 e. The maximum atomic E-state index is 5.44. The second-order valence-electron chi connectivity index (χ2n) is 5.61. The zero-order valence-electron chi connectivity index (χ0n) is 15.7. The molecule has 0 saturated carbocycles. The van der Waals surface area contributed by atoms with E-state index < -0.39 is 0 Å². The fraction of sp³-hybridized carbons (Fsp3) is 0.300. The number of aromatic nitrogens is 3. The molecule has 6 nitrogen and oxygen atoms in total. The van der Waals surface area contributed by atoms with Gasteiger partial charge in [-0.2, -0.15) is 0 Å². The van der Waals surface area contributed by atoms with Crippen molar-refractivity contribution in [2.45, 2.75) is 12.1 Å². The molecule has 7 heteroatoms. The van der Waals surface area contributed by atoms with Crippen molar-refractivity contribution in [1.82, 2.24) is 14.8 Å². The van der Waals surface area contributed by atoms with Crippen molar-refractivity contribution in [3.8, 4) is 28.6 Å². The van der Waals surface area contributed by atoms with E-state index in [4.69, 9.17) is 14.2 Å². The molecule has 0 radical (unpaired) electrons. The van der Waals surface area contributed by atoms with Crippen molar-refractivity contribution in [3.63, 3.8) is 0 Å². The lowest BCUT2D eigenvalue weighted by Gasteiger charge is -2.11. The summed E-state index contributed by atoms with van der Waals surface area (Å²) in [5.41, 5.74) is 1.95. The largest absolute Gasteiger partial charge is 0.497 e. The molecule has 0 N–H and O–H groups in total. The molecule has 0 aliphatic carbocycles. The van der Waals surface area contributed by atoms with Gasteiger partial charge in [-0.1, -0.05) is 11.8 Å². The summed E-state index contributed by atoms with van der Waals surface area (Å²) < 4.78 is 18.0. The van der Waals surface area contributed by atoms with E-state index in [2.05, 4.69) is 14.8 Å². The van der Waals surface area contributed by atoms with Gasteiger partial charge in [0.1, 0.15) is 11.5 Å². The van der Waals surface area contributed by atoms with Crippen molar-refractivity contribution >= 4 is 11.8 Å². The lowest BCUT2D eigenvalue weighted by atomic mass is 10.2. The summed E-state index contributed by atoms with van der Waals surface area (Å²) in [6.45, 7) is 3.38. The van der Waals surface area contributed by atoms with Crippen LogP contribution in [0.5, 0.6) is 11.5 Å². The molecule has 1 heterocycles. The molecule has 0 aliphatic rings. The fourth-order valence-electron chi connectivity index (χ4n) is 2.59. The Hall–Kier alpha value is -2.51. The third kappa shape index (κ3) is 4.61. The number of thioether (sulfide) groups is 1. The van der Waals surface area contributed by atoms with Crippen LogP contribution in [0.4, 0.5) is 0 Å². The number of ether oxygens (including phenoxy) is 3. The van der Waals surface area contributed by atoms with Crippen LogP contribution in [0.3, 0.4) is 0 Å². The van der Waals surface area contributed by atoms with Crippen molar-refractivity contribution in [3.05, 3.63) is 48.5 Å². The summed E-state index contributed by atoms with van der Waals surface area (Å²) in [5.74, 6) is 3.20. The average Bonchev–Trinajstić information content (AvgIpc) is 3.15. The van der Waals surface area contributed by atoms with E-state index >= 15 is 0 Å². The zero-order chi connectivity index (χ0) is 19.1. The average molecular weight is 385 g/mol. The predicted molar refractivity (Wildman–Crippen MR) is 107 cm³/mol. The molecule has 142 valence electrons. The molecule has 0 bridgehead atoms. The van der Waals surface area contributed by atoms with Gasteiger partial charge in [-0.25, -0.2) is 0 Å². The van der Waals surface area contributed by atoms with Gasteiger partial charge in [0, 0.05) is 23.6 Å². The fourth-order valence-corrected chi connectivity index (χ4v) is 3.39. The van der Waals surface area contributed by atoms with Crippen LogP contribution in [0.2, 0.25) is 0 Å². The Labute approximate surface area is 163 Å². The van der Waals surface area contributed by atoms with Crippen LogP contribution in [0.15, 0.2) is 53.7 Å². The van der Waals surface area contributed by atoms with Gasteiger partial charge in [-0.3, -0.25) is 4.57 Å². The molecule has 27 heavy (non-hydrogen) atoms. The summed E-state index contributed by atoms with van der Waals surface area (Å²) in [6.07, 6.45) is 0. The molecule has 0 saturated heterocycles. The van der Waals surface area contributed by atoms with Crippen LogP contribution in [-0.4, -0.2) is 48.0 Å². The van der Waals surface area contributed by atoms with E-state index in [1.807, 2.05) is 55.5 Å². The molecule has 1 aromatic heterocycles. The highest BCUT2D eigenvalue weighted by molar-refractivity contribution is 7.99. The Bertz CT molecular complexity index is 848. The van der Waals surface area contributed by atoms with E-state index in [0.29, 0.717) is 13.2 Å². The van der Waals surface area contributed by atoms with E-state index in [1.54, 1.807) is 26.0 Å². The number of methoxy groups -OCH3 is 2. The quantitative estimate of drug-likeness (QED) is 0.409. The van der Waals surface area contributed by atoms with Gasteiger partial charge in [0.15, 0.2) is 11.0 Å². The van der Waals surface area contributed by atoms with Crippen LogP contribution in [-0.2, 0) is 4.74 Å². The van der Waals surface area contributed by atoms with E-state index in [0.717, 1.165) is 39.5 Å². The molecule has 0 atom stereocenters. The Kier molecular flexibility index (Phi) is 6.73. The Balaban J connectivity index is 1.97. The summed E-state index contributed by atoms with van der Waals surface area (Å²) in [7, 11) is 3.31. The third-order valence-corrected chi connectivity index (χ3v) is 4.87. The highest BCUT2D eigenvalue weighted by Gasteiger charge is 2.16. The Morgan fingerprint density at radius 2 is 1.52 bits per heavy atom. The van der Waals surface area contributed by atoms with Crippen LogP contribution in [0, 0.1) is 0 Å². The monoisotopic (exact) mass is 385 g/mol. The third-order valence-electron chi connectivity index (χ3n) is 3.98. The van der Waals surface area contributed by atoms with Gasteiger partial charge in [0.05, 0.1) is 20.8 Å². The lowest BCUT2D eigenvalue weighted by molar-refractivity contribution is 0.164. The Morgan fingerprint density at radius 1 is 0.889 bits per heavy atom. The van der Waals surface area contributed by atoms with Crippen LogP contribution < -0.4 is 9.47 Å². The minimum absolute atomic E-state index is 0.675. The number of benzene rings is 2. The van der Waals surface area contributed by atoms with Gasteiger partial charge in [0.2, 0.25) is 0 Å². The Morgan fingerprint density at radius 3 is 2.11 bits per heavy atom. The first-order chi connectivity index (χ1) is 13.3. The topological polar surface area (TPSA) is 58.4 Å². The lowest BCUT2D eigenvalue weighted by Crippen LogP contribution is -2.02. The van der Waals surface area contributed by atoms with Crippen molar-refractivity contribution < 1.29 is 14.2 Å². The first-order valence-corrected chi connectivity index (χ1v) is 9.70. The minimum atomic E-state index is 0.675. The molecule has 0 fully saturated rings. The van der Waals surface area contributed by atoms with E-state index in [9.17, 15) is 0 Å². The summed E-state index contributed by atoms with van der Waals surface area (Å²) in [5, 5.41) is 9.67. The number of hydrogen-bond donors (Lipinski definition) is 0. The van der Waals surface area contributed by atoms with Crippen LogP contribution >= 0.6 is 11.8 Å². The zero-order valence-corrected chi connectivity index (χ0v) is 16.5. The molecule has 3 rings (SSSR count). The second-order valence-corrected chi connectivity index (χ2v) is 6.68. The molecule has 2 aromatic carbocycles. The van der Waals surface area contributed by atoms with Crippen LogP contribution in [0.1, 0.15) is 6.92 Å². The SMILES string of the molecule is CCOCCSc1nnc(-c2ccc(OC)cc2)n1-c1ccc(OC)cc1. The highest BCUT2D eigenvalue weighted by atomic mass is 32.2. The maximum Gasteiger partial charge on any atom is 0.196 e. The summed E-state index contributed by atoms with van der Waals surface area (Å²) in [4.78, 5) is 0. The van der Waals surface area contributed by atoms with Gasteiger partial charge in [-0.15, -0.1) is 10.2 Å². The molecule has 0 unspecified atom stereocenters. The van der Waals surface area contributed by atoms with Crippen LogP contribution in [0.25, 0.3) is 17.1 Å². The molecular formula is C20H23N3O3S. The van der Waals surface area contributed by atoms with E-state index in [1.165, 1.54) is 0 Å². The normalized spacial score (nSPS) is 10.8. The summed E-state index contributed by atoms with van der Waals surface area (Å²) >= 11 is 1.62. The maximum absolute atomic E-state index is 5.44. The van der Waals surface area contributed by atoms with Crippen molar-refractivity contribution in [2.24, 2.45) is 0 Å². The molecule has 0 amide bonds. The first-order valence-electron chi connectivity index (χ1n) is 8.71. The number of hydrogen-bond acceptors (Lipinski definition) is 6. The first kappa shape index (κ1) is 19.3. The van der Waals surface area contributed by atoms with Gasteiger partial charge >= 0.3 is 0 Å². The number of rotatable bonds is 9. The molecule has 0 spiro atoms. The van der Waals surface area contributed by atoms with Crippen molar-refractivity contribution in [1.29, 1.82) is 0 Å². The van der Waals surface area contributed by atoms with Crippen molar-refractivity contribution in [2.75, 3.05) is 33.2 Å². The standard InChI is InChI=1S/C20H23N3O3S/c1-4-26-13-14-27-20-22-21-19(15-5-9-17(24-2)10-6-15)23(20)16-7-11-18(25-3)12-8-16/h5-12H,4,13-14H2,1-3H3. The van der Waals surface area contributed by atoms with Gasteiger partial charge in [0.25, 0.3) is 0 Å². The summed E-state index contributed by atoms with van der Waals surface area (Å²) in [6, 6.07) is 15.7. The molecular weight excluding hydrogens is 362 g/mol. The molecule has 3 aromatic rings. The number of nitrogens with zero attached hydrogens (tertiary/aromatic N) is 3. The van der Waals surface area contributed by atoms with Gasteiger partial charge < -0.3 is 14.2 Å². The predicted octanol–water partition coefficient (Wildman–Crippen LogP) is 4.08. The highest BCUT2D eigenvalue weighted by Crippen LogP contribution is 2.29. The second kappa shape index (κ2) is 9.43. The minimum Gasteiger partial charge on any atom is -0.497 e.